The number of aryl methyl sites for hydroxylation is 2. The summed E-state index contributed by atoms with van der Waals surface area (Å²) in [7, 11) is 0. The molecular formula is C20H26Cl2MgO. The molecule has 0 amide bonds. The van der Waals surface area contributed by atoms with Crippen LogP contribution in [0.1, 0.15) is 35.1 Å². The summed E-state index contributed by atoms with van der Waals surface area (Å²) in [5.41, 5.74) is 4.83. The number of halogens is 2. The van der Waals surface area contributed by atoms with Crippen molar-refractivity contribution in [1.82, 2.24) is 0 Å². The maximum atomic E-state index is 5.58. The average molecular weight is 378 g/mol. The van der Waals surface area contributed by atoms with Crippen molar-refractivity contribution in [3.8, 4) is 0 Å². The summed E-state index contributed by atoms with van der Waals surface area (Å²) in [4.78, 5) is 0. The van der Waals surface area contributed by atoms with Gasteiger partial charge >= 0.3 is 23.1 Å². The molecule has 0 aliphatic carbocycles. The molecule has 2 aromatic carbocycles. The third-order valence-corrected chi connectivity index (χ3v) is 3.53. The van der Waals surface area contributed by atoms with Gasteiger partial charge in [0, 0.05) is 19.1 Å². The van der Waals surface area contributed by atoms with Crippen LogP contribution >= 0.6 is 11.6 Å². The molecule has 1 heterocycles. The van der Waals surface area contributed by atoms with Gasteiger partial charge in [0.2, 0.25) is 0 Å². The first-order chi connectivity index (χ1) is 10.6. The molecule has 0 saturated carbocycles. The summed E-state index contributed by atoms with van der Waals surface area (Å²) in [6, 6.07) is 16.4. The molecule has 1 nitrogen and oxygen atoms in total. The van der Waals surface area contributed by atoms with Crippen LogP contribution in [0.3, 0.4) is 0 Å². The predicted molar refractivity (Wildman–Crippen MR) is 102 cm³/mol. The van der Waals surface area contributed by atoms with Crippen LogP contribution in [0.25, 0.3) is 0 Å². The van der Waals surface area contributed by atoms with Crippen LogP contribution < -0.4 is 12.4 Å². The van der Waals surface area contributed by atoms with Crippen LogP contribution in [-0.4, -0.2) is 36.3 Å². The Kier molecular flexibility index (Phi) is 17.3. The summed E-state index contributed by atoms with van der Waals surface area (Å²) in [5.74, 6) is 0.611. The molecule has 0 bridgehead atoms. The third-order valence-electron chi connectivity index (χ3n) is 3.22. The minimum Gasteiger partial charge on any atom is -1.00 e. The minimum atomic E-state index is 0. The van der Waals surface area contributed by atoms with Crippen molar-refractivity contribution in [3.63, 3.8) is 0 Å². The van der Waals surface area contributed by atoms with E-state index in [2.05, 4.69) is 45.0 Å². The minimum absolute atomic E-state index is 0. The molecule has 0 aromatic heterocycles. The van der Waals surface area contributed by atoms with Gasteiger partial charge in [-0.3, -0.25) is 0 Å². The van der Waals surface area contributed by atoms with Gasteiger partial charge in [0.05, 0.1) is 0 Å². The molecule has 2 aromatic rings. The van der Waals surface area contributed by atoms with Gasteiger partial charge in [-0.25, -0.2) is 0 Å². The third kappa shape index (κ3) is 13.0. The maximum absolute atomic E-state index is 5.58. The first-order valence-corrected chi connectivity index (χ1v) is 8.23. The Morgan fingerprint density at radius 2 is 1.29 bits per heavy atom. The number of rotatable bonds is 1. The summed E-state index contributed by atoms with van der Waals surface area (Å²) in [6.07, 6.45) is 2.56. The zero-order valence-electron chi connectivity index (χ0n) is 14.7. The molecule has 1 aliphatic rings. The first-order valence-electron chi connectivity index (χ1n) is 7.69. The number of benzene rings is 2. The van der Waals surface area contributed by atoms with Crippen molar-refractivity contribution in [3.05, 3.63) is 77.7 Å². The van der Waals surface area contributed by atoms with Gasteiger partial charge in [-0.15, -0.1) is 23.7 Å². The molecule has 4 heteroatoms. The largest absolute Gasteiger partial charge is 2.00 e. The molecule has 0 spiro atoms. The normalized spacial score (nSPS) is 11.6. The van der Waals surface area contributed by atoms with Crippen LogP contribution in [0.2, 0.25) is 0 Å². The standard InChI is InChI=1S/C8H9Cl.C8H9.C4H8O.ClH.Mg/c1-7-2-4-8(6-9)5-3-7;1-7-3-5-8(2)6-4-7;1-2-4-5-3-1;;/h2-5H,6H2,1H3;3-6H,1H2,2H3;1-4H2;1H;/q;-1;;;+2/p-1. The fourth-order valence-electron chi connectivity index (χ4n) is 1.78. The second-order valence-electron chi connectivity index (χ2n) is 5.42. The van der Waals surface area contributed by atoms with Gasteiger partial charge in [0.25, 0.3) is 0 Å². The number of hydrogen-bond acceptors (Lipinski definition) is 1. The van der Waals surface area contributed by atoms with Crippen molar-refractivity contribution in [1.29, 1.82) is 0 Å². The van der Waals surface area contributed by atoms with E-state index in [-0.39, 0.29) is 35.5 Å². The molecule has 24 heavy (non-hydrogen) atoms. The van der Waals surface area contributed by atoms with E-state index in [4.69, 9.17) is 16.3 Å². The van der Waals surface area contributed by atoms with E-state index >= 15 is 0 Å². The molecule has 3 rings (SSSR count). The van der Waals surface area contributed by atoms with Crippen LogP contribution in [0.15, 0.2) is 48.5 Å². The molecule has 0 N–H and O–H groups in total. The molecular weight excluding hydrogens is 351 g/mol. The first kappa shape index (κ1) is 25.9. The molecule has 1 aliphatic heterocycles. The summed E-state index contributed by atoms with van der Waals surface area (Å²) in [6.45, 7) is 9.90. The van der Waals surface area contributed by atoms with Crippen LogP contribution in [0.5, 0.6) is 0 Å². The van der Waals surface area contributed by atoms with E-state index in [0.29, 0.717) is 5.88 Å². The summed E-state index contributed by atoms with van der Waals surface area (Å²) in [5, 5.41) is 0. The van der Waals surface area contributed by atoms with E-state index in [0.717, 1.165) is 18.8 Å². The van der Waals surface area contributed by atoms with Crippen molar-refractivity contribution >= 4 is 34.7 Å². The molecule has 0 atom stereocenters. The summed E-state index contributed by atoms with van der Waals surface area (Å²) < 4.78 is 4.94. The van der Waals surface area contributed by atoms with Crippen LogP contribution in [-0.2, 0) is 10.6 Å². The smallest absolute Gasteiger partial charge is 1.00 e. The van der Waals surface area contributed by atoms with Gasteiger partial charge in [0.15, 0.2) is 0 Å². The van der Waals surface area contributed by atoms with Gasteiger partial charge in [-0.2, -0.15) is 24.6 Å². The SMILES string of the molecule is C1CCOC1.Cc1ccc(CCl)cc1.[CH2-]c1ccc(C)cc1.[Cl-].[Mg+2]. The Balaban J connectivity index is 0. The van der Waals surface area contributed by atoms with Crippen molar-refractivity contribution < 1.29 is 17.1 Å². The quantitative estimate of drug-likeness (QED) is 0.421. The van der Waals surface area contributed by atoms with Gasteiger partial charge in [-0.05, 0) is 32.3 Å². The maximum Gasteiger partial charge on any atom is 2.00 e. The number of alkyl halides is 1. The van der Waals surface area contributed by atoms with Gasteiger partial charge in [-0.1, -0.05) is 35.4 Å². The fourth-order valence-corrected chi connectivity index (χ4v) is 1.95. The van der Waals surface area contributed by atoms with Crippen LogP contribution in [0.4, 0.5) is 0 Å². The Morgan fingerprint density at radius 3 is 1.58 bits per heavy atom. The van der Waals surface area contributed by atoms with E-state index in [9.17, 15) is 0 Å². The Bertz CT molecular complexity index is 480. The predicted octanol–water partition coefficient (Wildman–Crippen LogP) is 2.33. The van der Waals surface area contributed by atoms with E-state index in [1.165, 1.54) is 29.5 Å². The summed E-state index contributed by atoms with van der Waals surface area (Å²) >= 11 is 5.58. The monoisotopic (exact) mass is 376 g/mol. The van der Waals surface area contributed by atoms with Gasteiger partial charge in [0.1, 0.15) is 0 Å². The number of ether oxygens (including phenoxy) is 1. The fraction of sp³-hybridized carbons (Fsp3) is 0.350. The Morgan fingerprint density at radius 1 is 0.875 bits per heavy atom. The second-order valence-corrected chi connectivity index (χ2v) is 5.69. The zero-order valence-corrected chi connectivity index (χ0v) is 17.7. The zero-order chi connectivity index (χ0) is 16.2. The average Bonchev–Trinajstić information content (AvgIpc) is 3.11. The second kappa shape index (κ2) is 16.1. The van der Waals surface area contributed by atoms with E-state index in [1.807, 2.05) is 24.3 Å². The Labute approximate surface area is 174 Å². The number of hydrogen-bond donors (Lipinski definition) is 0. The van der Waals surface area contributed by atoms with E-state index < -0.39 is 0 Å². The van der Waals surface area contributed by atoms with Gasteiger partial charge < -0.3 is 17.1 Å². The van der Waals surface area contributed by atoms with Crippen molar-refractivity contribution in [2.75, 3.05) is 13.2 Å². The van der Waals surface area contributed by atoms with Crippen molar-refractivity contribution in [2.45, 2.75) is 32.6 Å². The van der Waals surface area contributed by atoms with E-state index in [1.54, 1.807) is 0 Å². The molecule has 128 valence electrons. The molecule has 1 saturated heterocycles. The molecule has 0 radical (unpaired) electrons. The molecule has 0 unspecified atom stereocenters. The molecule has 1 fully saturated rings. The van der Waals surface area contributed by atoms with Crippen LogP contribution in [0, 0.1) is 20.8 Å². The topological polar surface area (TPSA) is 9.23 Å². The van der Waals surface area contributed by atoms with Crippen molar-refractivity contribution in [2.24, 2.45) is 0 Å². The Hall–Kier alpha value is -0.384.